The van der Waals surface area contributed by atoms with Crippen LogP contribution < -0.4 is 8.79 Å². The van der Waals surface area contributed by atoms with Gasteiger partial charge in [0.25, 0.3) is 11.8 Å². The van der Waals surface area contributed by atoms with Crippen molar-refractivity contribution >= 4 is 91.0 Å². The predicted octanol–water partition coefficient (Wildman–Crippen LogP) is 22.5. The number of imide groups is 2. The van der Waals surface area contributed by atoms with Crippen molar-refractivity contribution < 1.29 is 28.0 Å². The van der Waals surface area contributed by atoms with Crippen LogP contribution in [0.2, 0.25) is 10.0 Å². The van der Waals surface area contributed by atoms with Crippen molar-refractivity contribution in [1.82, 2.24) is 9.80 Å². The average molecular weight is 1360 g/mol. The third kappa shape index (κ3) is 12.2. The van der Waals surface area contributed by atoms with E-state index in [-0.39, 0.29) is 29.0 Å². The summed E-state index contributed by atoms with van der Waals surface area (Å²) in [4.78, 5) is 69.3. The van der Waals surface area contributed by atoms with E-state index in [4.69, 9.17) is 8.83 Å². The van der Waals surface area contributed by atoms with Gasteiger partial charge < -0.3 is 4.42 Å². The van der Waals surface area contributed by atoms with Crippen LogP contribution >= 0.6 is 45.3 Å². The van der Waals surface area contributed by atoms with Crippen LogP contribution in [0.4, 0.5) is 0 Å². The quantitative estimate of drug-likeness (QED) is 0.0358. The molecule has 6 aromatic rings. The summed E-state index contributed by atoms with van der Waals surface area (Å²) in [6.45, 7) is 27.5. The van der Waals surface area contributed by atoms with Gasteiger partial charge in [0.05, 0.1) is 10.4 Å². The molecule has 3 aliphatic carbocycles. The smallest absolute Gasteiger partial charge is 0.265 e. The maximum atomic E-state index is 14.0. The number of furan rings is 2. The zero-order chi connectivity index (χ0) is 63.8. The average Bonchev–Trinajstić information content (AvgIpc) is 1.54. The Morgan fingerprint density at radius 2 is 0.889 bits per heavy atom. The van der Waals surface area contributed by atoms with E-state index in [9.17, 15) is 19.2 Å². The monoisotopic (exact) mass is 1360 g/mol. The minimum Gasteiger partial charge on any atom is -0.459 e. The van der Waals surface area contributed by atoms with Crippen molar-refractivity contribution in [3.05, 3.63) is 78.9 Å². The van der Waals surface area contributed by atoms with Crippen LogP contribution in [0.3, 0.4) is 0 Å². The number of rotatable bonds is 28. The molecule has 8 nitrogen and oxygen atoms in total. The molecular weight excluding hydrogens is 1250 g/mol. The number of nitrogens with zero attached hydrogens (tertiary/aromatic N) is 2. The topological polar surface area (TPSA) is 101 Å². The number of hydrogen-bond donors (Lipinski definition) is 0. The molecule has 90 heavy (non-hydrogen) atoms. The van der Waals surface area contributed by atoms with Crippen LogP contribution in [0.5, 0.6) is 0 Å². The second kappa shape index (κ2) is 29.0. The van der Waals surface area contributed by atoms with E-state index >= 15 is 0 Å². The molecule has 4 amide bonds. The Kier molecular flexibility index (Phi) is 21.8. The Balaban J connectivity index is 0.000000185. The normalized spacial score (nSPS) is 21.0. The fourth-order valence-electron chi connectivity index (χ4n) is 17.7. The number of unbranched alkanes of at least 4 members (excludes halogenated alkanes) is 4. The maximum absolute atomic E-state index is 14.0. The Morgan fingerprint density at radius 3 is 1.41 bits per heavy atom. The van der Waals surface area contributed by atoms with Crippen molar-refractivity contribution in [2.24, 2.45) is 29.6 Å². The standard InChI is InChI=1S/C39H53NO3S2.C38H53GeNO3S2/c2*1-7-11-16-26(9-3)22-39(28-18-14-13-15-19-28)29-20-24(5)44-35(29)36-30(39)21-31(45-36)34-33-32(25(6)43-34)37(41)40(38(33)42)23-27(10-4)17-12-8-2/h2*20-21,26-28H,7-19,22-23H2,1-6H3. The summed E-state index contributed by atoms with van der Waals surface area (Å²) >= 11 is 4.76. The number of fused-ring (bicyclic) bond motifs is 8. The van der Waals surface area contributed by atoms with Crippen molar-refractivity contribution in [3.8, 4) is 40.8 Å². The van der Waals surface area contributed by atoms with E-state index in [2.05, 4.69) is 93.5 Å². The molecule has 13 heteroatoms. The van der Waals surface area contributed by atoms with Crippen LogP contribution in [-0.4, -0.2) is 59.8 Å². The van der Waals surface area contributed by atoms with E-state index < -0.39 is 13.3 Å². The zero-order valence-corrected chi connectivity index (χ0v) is 62.3. The number of hydrogen-bond acceptors (Lipinski definition) is 10. The van der Waals surface area contributed by atoms with E-state index in [1.807, 2.05) is 47.9 Å². The van der Waals surface area contributed by atoms with E-state index in [0.29, 0.717) is 82.1 Å². The maximum Gasteiger partial charge on any atom is 0.265 e. The molecule has 0 saturated heterocycles. The van der Waals surface area contributed by atoms with E-state index in [1.54, 1.807) is 25.7 Å². The molecule has 0 bridgehead atoms. The minimum atomic E-state index is -2.82. The van der Waals surface area contributed by atoms with E-state index in [0.717, 1.165) is 71.8 Å². The summed E-state index contributed by atoms with van der Waals surface area (Å²) in [6, 6.07) is 10.0. The molecule has 6 unspecified atom stereocenters. The van der Waals surface area contributed by atoms with Gasteiger partial charge in [0.15, 0.2) is 5.76 Å². The van der Waals surface area contributed by atoms with Crippen LogP contribution in [0.15, 0.2) is 33.1 Å². The van der Waals surface area contributed by atoms with Gasteiger partial charge in [-0.25, -0.2) is 0 Å². The fourth-order valence-corrected chi connectivity index (χ4v) is 39.7. The largest absolute Gasteiger partial charge is 0.459 e. The van der Waals surface area contributed by atoms with Crippen molar-refractivity contribution in [3.63, 3.8) is 0 Å². The molecule has 0 N–H and O–H groups in total. The van der Waals surface area contributed by atoms with Crippen molar-refractivity contribution in [2.75, 3.05) is 13.1 Å². The summed E-state index contributed by atoms with van der Waals surface area (Å²) in [5.74, 6) is 4.58. The third-order valence-corrected chi connectivity index (χ3v) is 40.7. The van der Waals surface area contributed by atoms with Crippen molar-refractivity contribution in [2.45, 2.75) is 272 Å². The molecule has 2 saturated carbocycles. The van der Waals surface area contributed by atoms with Gasteiger partial charge in [0, 0.05) is 26.6 Å². The molecule has 6 atom stereocenters. The van der Waals surface area contributed by atoms with Gasteiger partial charge in [-0.2, -0.15) is 0 Å². The second-order valence-corrected chi connectivity index (χ2v) is 42.0. The van der Waals surface area contributed by atoms with Gasteiger partial charge in [-0.3, -0.25) is 14.5 Å². The summed E-state index contributed by atoms with van der Waals surface area (Å²) in [5, 5.41) is 1.39. The van der Waals surface area contributed by atoms with Gasteiger partial charge >= 0.3 is 276 Å². The number of carbonyl (C=O) groups excluding carboxylic acids is 4. The third-order valence-electron chi connectivity index (χ3n) is 22.8. The summed E-state index contributed by atoms with van der Waals surface area (Å²) in [7, 11) is 0. The molecule has 6 aromatic heterocycles. The first kappa shape index (κ1) is 67.6. The molecule has 0 radical (unpaired) electrons. The molecule has 6 aliphatic rings. The Morgan fingerprint density at radius 1 is 0.478 bits per heavy atom. The SMILES string of the molecule is CCCCC(CC)CN1C(=O)c2c(C)oc(-c3c[c]4c(s3)-c3sc(C)c[c]3[Ge]4([CH2]C(CC)CCCC)[CH]3CCCCC3)c2C1=O.CCCCC(CC)CN1C(=O)c2c(C)oc(-c3cc4c(s3)-c3sc(C)cc3C4(CC(CC)CCCC)C3CCCCC3)c2C1=O. The Labute approximate surface area is 558 Å². The molecule has 12 rings (SSSR count). The molecule has 488 valence electrons. The number of aryl methyl sites for hydroxylation is 4. The van der Waals surface area contributed by atoms with Crippen LogP contribution in [0.25, 0.3) is 40.8 Å². The second-order valence-electron chi connectivity index (χ2n) is 28.5. The minimum absolute atomic E-state index is 0.0172. The summed E-state index contributed by atoms with van der Waals surface area (Å²) < 4.78 is 17.1. The van der Waals surface area contributed by atoms with Crippen LogP contribution in [0, 0.1) is 57.3 Å². The molecule has 0 aromatic carbocycles. The van der Waals surface area contributed by atoms with Crippen molar-refractivity contribution in [1.29, 1.82) is 0 Å². The molecule has 0 spiro atoms. The molecule has 9 heterocycles. The Bertz CT molecular complexity index is 3310. The number of amides is 4. The summed E-state index contributed by atoms with van der Waals surface area (Å²) in [5.41, 5.74) is 5.10. The zero-order valence-electron chi connectivity index (χ0n) is 57.0. The first-order valence-electron chi connectivity index (χ1n) is 36.1. The number of carbonyl (C=O) groups is 4. The fraction of sp³-hybridized carbons (Fsp3) is 0.636. The molecule has 3 aliphatic heterocycles. The van der Waals surface area contributed by atoms with Gasteiger partial charge in [-0.1, -0.05) is 98.8 Å². The Hall–Kier alpha value is -3.82. The molecule has 2 fully saturated rings. The van der Waals surface area contributed by atoms with Crippen LogP contribution in [-0.2, 0) is 5.41 Å². The van der Waals surface area contributed by atoms with Gasteiger partial charge in [-0.05, 0) is 80.5 Å². The first-order chi connectivity index (χ1) is 43.6. The predicted molar refractivity (Wildman–Crippen MR) is 382 cm³/mol. The summed E-state index contributed by atoms with van der Waals surface area (Å²) in [6.07, 6.45) is 33.4. The molecular formula is C77H106GeN2O6S4. The van der Waals surface area contributed by atoms with Gasteiger partial charge in [-0.15, -0.1) is 22.7 Å². The van der Waals surface area contributed by atoms with Crippen LogP contribution in [0.1, 0.15) is 303 Å². The van der Waals surface area contributed by atoms with E-state index in [1.165, 1.54) is 172 Å². The first-order valence-corrected chi connectivity index (χ1v) is 44.1. The number of thiophene rings is 4. The van der Waals surface area contributed by atoms with Gasteiger partial charge in [0.1, 0.15) is 11.3 Å². The van der Waals surface area contributed by atoms with Gasteiger partial charge in [0.2, 0.25) is 0 Å².